The first-order valence-electron chi connectivity index (χ1n) is 9.79. The normalized spacial score (nSPS) is 29.6. The third kappa shape index (κ3) is 2.25. The van der Waals surface area contributed by atoms with Gasteiger partial charge in [0, 0.05) is 29.0 Å². The van der Waals surface area contributed by atoms with Crippen LogP contribution in [0, 0.1) is 5.92 Å². The average molecular weight is 377 g/mol. The summed E-state index contributed by atoms with van der Waals surface area (Å²) >= 11 is 0. The standard InChI is InChI=1S/C23H23NO4/c1-23-15-9-10-17(25)21(23)28-20-18(27-2)11-8-14(19(20)23)12-16(15)24-22(26)13-6-4-3-5-7-13/h3-8,11,15-16,21H,9-10,12H2,1-2H3,(H,24,26)/t15-,16+,21-,23-/m1/s1. The van der Waals surface area contributed by atoms with Gasteiger partial charge in [0.2, 0.25) is 0 Å². The van der Waals surface area contributed by atoms with Crippen LogP contribution in [0.25, 0.3) is 0 Å². The lowest BCUT2D eigenvalue weighted by Gasteiger charge is -2.48. The first kappa shape index (κ1) is 17.3. The molecule has 0 unspecified atom stereocenters. The Balaban J connectivity index is 1.57. The van der Waals surface area contributed by atoms with Crippen LogP contribution in [0.3, 0.4) is 0 Å². The SMILES string of the molecule is COc1ccc2c3c1O[C@@H]1C(=O)CC[C@H]([C@@H](NC(=O)c4ccccc4)C2)[C@]31C. The number of carbonyl (C=O) groups is 2. The Labute approximate surface area is 164 Å². The molecular weight excluding hydrogens is 354 g/mol. The van der Waals surface area contributed by atoms with Gasteiger partial charge in [0.1, 0.15) is 0 Å². The largest absolute Gasteiger partial charge is 0.493 e. The maximum atomic E-state index is 12.8. The summed E-state index contributed by atoms with van der Waals surface area (Å²) in [6, 6.07) is 13.2. The Morgan fingerprint density at radius 2 is 2.00 bits per heavy atom. The van der Waals surface area contributed by atoms with E-state index in [-0.39, 0.29) is 23.7 Å². The van der Waals surface area contributed by atoms with Crippen LogP contribution in [-0.2, 0) is 16.6 Å². The van der Waals surface area contributed by atoms with Gasteiger partial charge in [-0.2, -0.15) is 0 Å². The van der Waals surface area contributed by atoms with Gasteiger partial charge in [0.05, 0.1) is 7.11 Å². The second-order valence-electron chi connectivity index (χ2n) is 8.17. The highest BCUT2D eigenvalue weighted by Gasteiger charge is 2.61. The van der Waals surface area contributed by atoms with Crippen LogP contribution >= 0.6 is 0 Å². The molecule has 5 nitrogen and oxygen atoms in total. The fraction of sp³-hybridized carbons (Fsp3) is 0.391. The maximum Gasteiger partial charge on any atom is 0.251 e. The molecule has 2 aliphatic carbocycles. The van der Waals surface area contributed by atoms with Gasteiger partial charge >= 0.3 is 0 Å². The van der Waals surface area contributed by atoms with E-state index in [1.54, 1.807) is 7.11 Å². The van der Waals surface area contributed by atoms with Gasteiger partial charge in [-0.05, 0) is 42.5 Å². The van der Waals surface area contributed by atoms with Gasteiger partial charge in [0.25, 0.3) is 5.91 Å². The molecule has 4 atom stereocenters. The van der Waals surface area contributed by atoms with Gasteiger partial charge in [-0.3, -0.25) is 9.59 Å². The van der Waals surface area contributed by atoms with Crippen molar-refractivity contribution in [2.45, 2.75) is 43.7 Å². The molecule has 1 aliphatic heterocycles. The molecule has 5 heteroatoms. The van der Waals surface area contributed by atoms with Crippen molar-refractivity contribution in [3.05, 3.63) is 59.2 Å². The molecule has 5 rings (SSSR count). The monoisotopic (exact) mass is 377 g/mol. The number of hydrogen-bond acceptors (Lipinski definition) is 4. The van der Waals surface area contributed by atoms with E-state index in [0.29, 0.717) is 23.5 Å². The number of benzene rings is 2. The molecule has 3 aliphatic rings. The molecule has 1 heterocycles. The van der Waals surface area contributed by atoms with Gasteiger partial charge in [-0.25, -0.2) is 0 Å². The summed E-state index contributed by atoms with van der Waals surface area (Å²) in [5.74, 6) is 1.59. The van der Waals surface area contributed by atoms with Crippen molar-refractivity contribution in [1.82, 2.24) is 5.32 Å². The lowest BCUT2D eigenvalue weighted by atomic mass is 9.56. The van der Waals surface area contributed by atoms with Crippen molar-refractivity contribution in [3.8, 4) is 11.5 Å². The molecule has 144 valence electrons. The van der Waals surface area contributed by atoms with E-state index < -0.39 is 11.5 Å². The highest BCUT2D eigenvalue weighted by molar-refractivity contribution is 5.94. The van der Waals surface area contributed by atoms with Gasteiger partial charge in [-0.15, -0.1) is 0 Å². The first-order valence-corrected chi connectivity index (χ1v) is 9.79. The van der Waals surface area contributed by atoms with Crippen molar-refractivity contribution in [2.75, 3.05) is 7.11 Å². The average Bonchev–Trinajstić information content (AvgIpc) is 3.04. The second kappa shape index (κ2) is 6.09. The number of carbonyl (C=O) groups excluding carboxylic acids is 2. The van der Waals surface area contributed by atoms with Crippen LogP contribution in [0.5, 0.6) is 11.5 Å². The molecule has 1 amide bonds. The summed E-state index contributed by atoms with van der Waals surface area (Å²) in [5.41, 5.74) is 2.44. The van der Waals surface area contributed by atoms with Crippen LogP contribution in [-0.4, -0.2) is 30.9 Å². The smallest absolute Gasteiger partial charge is 0.251 e. The number of methoxy groups -OCH3 is 1. The summed E-state index contributed by atoms with van der Waals surface area (Å²) in [4.78, 5) is 25.6. The quantitative estimate of drug-likeness (QED) is 0.893. The molecule has 0 radical (unpaired) electrons. The summed E-state index contributed by atoms with van der Waals surface area (Å²) in [7, 11) is 1.62. The van der Waals surface area contributed by atoms with Crippen molar-refractivity contribution in [2.24, 2.45) is 5.92 Å². The third-order valence-electron chi connectivity index (χ3n) is 6.79. The van der Waals surface area contributed by atoms with Crippen LogP contribution in [0.15, 0.2) is 42.5 Å². The van der Waals surface area contributed by atoms with Crippen LogP contribution in [0.1, 0.15) is 41.3 Å². The molecule has 2 aromatic rings. The van der Waals surface area contributed by atoms with E-state index >= 15 is 0 Å². The molecule has 1 saturated carbocycles. The topological polar surface area (TPSA) is 64.6 Å². The fourth-order valence-corrected chi connectivity index (χ4v) is 5.51. The van der Waals surface area contributed by atoms with Gasteiger partial charge in [0.15, 0.2) is 23.4 Å². The molecule has 28 heavy (non-hydrogen) atoms. The zero-order valence-corrected chi connectivity index (χ0v) is 16.0. The van der Waals surface area contributed by atoms with E-state index in [4.69, 9.17) is 9.47 Å². The maximum absolute atomic E-state index is 12.8. The number of rotatable bonds is 3. The van der Waals surface area contributed by atoms with Crippen molar-refractivity contribution in [3.63, 3.8) is 0 Å². The lowest BCUT2D eigenvalue weighted by molar-refractivity contribution is -0.133. The van der Waals surface area contributed by atoms with Crippen molar-refractivity contribution >= 4 is 11.7 Å². The van der Waals surface area contributed by atoms with Crippen molar-refractivity contribution < 1.29 is 19.1 Å². The Morgan fingerprint density at radius 3 is 2.75 bits per heavy atom. The van der Waals surface area contributed by atoms with Gasteiger partial charge < -0.3 is 14.8 Å². The molecule has 0 bridgehead atoms. The molecule has 1 fully saturated rings. The molecule has 0 spiro atoms. The Bertz CT molecular complexity index is 970. The molecule has 0 saturated heterocycles. The number of amides is 1. The van der Waals surface area contributed by atoms with E-state index in [9.17, 15) is 9.59 Å². The highest BCUT2D eigenvalue weighted by Crippen LogP contribution is 2.59. The second-order valence-corrected chi connectivity index (χ2v) is 8.17. The van der Waals surface area contributed by atoms with E-state index in [2.05, 4.69) is 12.2 Å². The Hall–Kier alpha value is -2.82. The van der Waals surface area contributed by atoms with Gasteiger partial charge in [-0.1, -0.05) is 31.2 Å². The predicted molar refractivity (Wildman–Crippen MR) is 104 cm³/mol. The number of ether oxygens (including phenoxy) is 2. The zero-order chi connectivity index (χ0) is 19.5. The van der Waals surface area contributed by atoms with Crippen LogP contribution < -0.4 is 14.8 Å². The zero-order valence-electron chi connectivity index (χ0n) is 16.0. The predicted octanol–water partition coefficient (Wildman–Crippen LogP) is 3.05. The molecular formula is C23H23NO4. The van der Waals surface area contributed by atoms with Crippen LogP contribution in [0.4, 0.5) is 0 Å². The van der Waals surface area contributed by atoms with Crippen LogP contribution in [0.2, 0.25) is 0 Å². The molecule has 0 aromatic heterocycles. The van der Waals surface area contributed by atoms with E-state index in [0.717, 1.165) is 24.0 Å². The van der Waals surface area contributed by atoms with E-state index in [1.165, 1.54) is 0 Å². The third-order valence-corrected chi connectivity index (χ3v) is 6.79. The summed E-state index contributed by atoms with van der Waals surface area (Å²) < 4.78 is 11.7. The number of Topliss-reactive ketones (excluding diaryl/α,β-unsaturated/α-hetero) is 1. The van der Waals surface area contributed by atoms with E-state index in [1.807, 2.05) is 42.5 Å². The lowest BCUT2D eigenvalue weighted by Crippen LogP contribution is -2.60. The fourth-order valence-electron chi connectivity index (χ4n) is 5.51. The molecule has 1 N–H and O–H groups in total. The summed E-state index contributed by atoms with van der Waals surface area (Å²) in [6.45, 7) is 2.12. The minimum atomic E-state index is -0.507. The summed E-state index contributed by atoms with van der Waals surface area (Å²) in [5, 5.41) is 3.25. The highest BCUT2D eigenvalue weighted by atomic mass is 16.5. The minimum absolute atomic E-state index is 0.0382. The number of ketones is 1. The number of hydrogen-bond donors (Lipinski definition) is 1. The number of nitrogens with one attached hydrogen (secondary N) is 1. The van der Waals surface area contributed by atoms with Crippen molar-refractivity contribution in [1.29, 1.82) is 0 Å². The minimum Gasteiger partial charge on any atom is -0.493 e. The first-order chi connectivity index (χ1) is 13.5. The summed E-state index contributed by atoms with van der Waals surface area (Å²) in [6.07, 6.45) is 1.46. The molecule has 2 aromatic carbocycles. The Kier molecular flexibility index (Phi) is 3.76. The Morgan fingerprint density at radius 1 is 1.21 bits per heavy atom.